The molecule has 1 aliphatic heterocycles. The predicted molar refractivity (Wildman–Crippen MR) is 70.1 cm³/mol. The Labute approximate surface area is 115 Å². The topological polar surface area (TPSA) is 119 Å². The number of carbonyl (C=O) groups excluding carboxylic acids is 1. The van der Waals surface area contributed by atoms with E-state index < -0.39 is 24.1 Å². The molecule has 8 nitrogen and oxygen atoms in total. The number of carbonyl (C=O) groups is 1. The number of nitrogens with one attached hydrogen (secondary N) is 2. The van der Waals surface area contributed by atoms with Crippen LogP contribution in [0.1, 0.15) is 5.56 Å². The number of rotatable bonds is 5. The lowest BCUT2D eigenvalue weighted by molar-refractivity contribution is -0.138. The molecule has 0 aromatic heterocycles. The molecule has 0 saturated carbocycles. The number of azide groups is 1. The van der Waals surface area contributed by atoms with Crippen LogP contribution >= 0.6 is 0 Å². The number of hydrogen-bond donors (Lipinski definition) is 3. The second-order valence-electron chi connectivity index (χ2n) is 4.39. The van der Waals surface area contributed by atoms with E-state index in [1.165, 1.54) is 0 Å². The summed E-state index contributed by atoms with van der Waals surface area (Å²) in [4.78, 5) is 19.5. The van der Waals surface area contributed by atoms with Crippen LogP contribution in [0.2, 0.25) is 0 Å². The summed E-state index contributed by atoms with van der Waals surface area (Å²) in [5.74, 6) is -0.496. The Morgan fingerprint density at radius 3 is 3.00 bits per heavy atom. The van der Waals surface area contributed by atoms with Crippen LogP contribution in [0.4, 0.5) is 0 Å². The zero-order valence-electron chi connectivity index (χ0n) is 10.6. The van der Waals surface area contributed by atoms with Crippen molar-refractivity contribution in [2.75, 3.05) is 6.54 Å². The van der Waals surface area contributed by atoms with E-state index >= 15 is 0 Å². The van der Waals surface area contributed by atoms with Crippen molar-refractivity contribution in [3.8, 4) is 0 Å². The summed E-state index contributed by atoms with van der Waals surface area (Å²) in [6, 6.07) is 7.86. The minimum Gasteiger partial charge on any atom is -0.390 e. The van der Waals surface area contributed by atoms with Crippen molar-refractivity contribution in [2.45, 2.75) is 24.8 Å². The number of hydroxylamine groups is 1. The van der Waals surface area contributed by atoms with Crippen LogP contribution in [0.3, 0.4) is 0 Å². The minimum atomic E-state index is -1.06. The molecule has 3 N–H and O–H groups in total. The molecular formula is C12H15N5O3. The average molecular weight is 277 g/mol. The fourth-order valence-corrected chi connectivity index (χ4v) is 1.96. The van der Waals surface area contributed by atoms with Gasteiger partial charge in [0.2, 0.25) is 0 Å². The molecule has 20 heavy (non-hydrogen) atoms. The second kappa shape index (κ2) is 6.88. The maximum absolute atomic E-state index is 11.8. The second-order valence-corrected chi connectivity index (χ2v) is 4.39. The van der Waals surface area contributed by atoms with Gasteiger partial charge in [0.25, 0.3) is 5.91 Å². The molecule has 0 radical (unpaired) electrons. The van der Waals surface area contributed by atoms with Gasteiger partial charge < -0.3 is 10.4 Å². The van der Waals surface area contributed by atoms with Crippen LogP contribution < -0.4 is 10.8 Å². The Kier molecular flexibility index (Phi) is 4.91. The van der Waals surface area contributed by atoms with Gasteiger partial charge in [0.05, 0.1) is 18.8 Å². The Bertz CT molecular complexity index is 503. The summed E-state index contributed by atoms with van der Waals surface area (Å²) in [5, 5.41) is 16.0. The minimum absolute atomic E-state index is 0.231. The molecule has 1 aliphatic rings. The van der Waals surface area contributed by atoms with Crippen molar-refractivity contribution in [3.05, 3.63) is 46.3 Å². The molecule has 0 spiro atoms. The van der Waals surface area contributed by atoms with Crippen LogP contribution in [0.15, 0.2) is 35.4 Å². The van der Waals surface area contributed by atoms with Crippen molar-refractivity contribution < 1.29 is 14.7 Å². The summed E-state index contributed by atoms with van der Waals surface area (Å²) in [7, 11) is 0. The SMILES string of the molecule is [N-]=[N+]=N[C@@H]1CN[C@H](C(=O)NOCc2ccccc2)[C@H]1O. The van der Waals surface area contributed by atoms with E-state index in [-0.39, 0.29) is 13.2 Å². The molecule has 1 saturated heterocycles. The first-order valence-corrected chi connectivity index (χ1v) is 6.13. The van der Waals surface area contributed by atoms with Gasteiger partial charge in [0, 0.05) is 11.5 Å². The van der Waals surface area contributed by atoms with Gasteiger partial charge >= 0.3 is 0 Å². The first-order chi connectivity index (χ1) is 9.72. The normalized spacial score (nSPS) is 24.9. The molecule has 1 aromatic rings. The third-order valence-electron chi connectivity index (χ3n) is 3.02. The molecule has 1 fully saturated rings. The largest absolute Gasteiger partial charge is 0.390 e. The Morgan fingerprint density at radius 1 is 1.55 bits per heavy atom. The van der Waals surface area contributed by atoms with Gasteiger partial charge in [-0.3, -0.25) is 9.63 Å². The number of hydrogen-bond acceptors (Lipinski definition) is 5. The summed E-state index contributed by atoms with van der Waals surface area (Å²) >= 11 is 0. The summed E-state index contributed by atoms with van der Waals surface area (Å²) in [5.41, 5.74) is 11.5. The third-order valence-corrected chi connectivity index (χ3v) is 3.02. The predicted octanol–water partition coefficient (Wildman–Crippen LogP) is 0.246. The maximum Gasteiger partial charge on any atom is 0.263 e. The fraction of sp³-hybridized carbons (Fsp3) is 0.417. The number of aliphatic hydroxyl groups is 1. The average Bonchev–Trinajstić information content (AvgIpc) is 2.82. The van der Waals surface area contributed by atoms with Gasteiger partial charge in [-0.05, 0) is 11.1 Å². The molecule has 0 unspecified atom stereocenters. The van der Waals surface area contributed by atoms with Crippen molar-refractivity contribution in [1.82, 2.24) is 10.8 Å². The first-order valence-electron chi connectivity index (χ1n) is 6.13. The number of nitrogens with zero attached hydrogens (tertiary/aromatic N) is 3. The lowest BCUT2D eigenvalue weighted by atomic mass is 10.1. The standard InChI is InChI=1S/C12H15N5O3/c13-17-15-9-6-14-10(11(9)18)12(19)16-20-7-8-4-2-1-3-5-8/h1-5,9-11,14,18H,6-7H2,(H,16,19)/t9-,10+,11+/m1/s1. The summed E-state index contributed by atoms with van der Waals surface area (Å²) in [6.45, 7) is 0.483. The van der Waals surface area contributed by atoms with Gasteiger partial charge in [-0.15, -0.1) is 0 Å². The van der Waals surface area contributed by atoms with E-state index in [1.54, 1.807) is 0 Å². The number of aliphatic hydroxyl groups excluding tert-OH is 1. The van der Waals surface area contributed by atoms with Crippen molar-refractivity contribution in [3.63, 3.8) is 0 Å². The molecule has 0 bridgehead atoms. The van der Waals surface area contributed by atoms with Crippen LogP contribution in [0.25, 0.3) is 10.4 Å². The van der Waals surface area contributed by atoms with Crippen molar-refractivity contribution in [2.24, 2.45) is 5.11 Å². The molecular weight excluding hydrogens is 262 g/mol. The molecule has 1 aromatic carbocycles. The van der Waals surface area contributed by atoms with Crippen molar-refractivity contribution >= 4 is 5.91 Å². The van der Waals surface area contributed by atoms with E-state index in [0.29, 0.717) is 0 Å². The Balaban J connectivity index is 1.79. The molecule has 8 heteroatoms. The fourth-order valence-electron chi connectivity index (χ4n) is 1.96. The molecule has 1 heterocycles. The lowest BCUT2D eigenvalue weighted by Crippen LogP contribution is -2.46. The quantitative estimate of drug-likeness (QED) is 0.309. The molecule has 1 amide bonds. The van der Waals surface area contributed by atoms with Crippen LogP contribution in [-0.4, -0.2) is 35.7 Å². The van der Waals surface area contributed by atoms with Gasteiger partial charge in [-0.1, -0.05) is 35.4 Å². The third kappa shape index (κ3) is 3.46. The van der Waals surface area contributed by atoms with E-state index in [2.05, 4.69) is 20.8 Å². The molecule has 106 valence electrons. The lowest BCUT2D eigenvalue weighted by Gasteiger charge is -2.15. The van der Waals surface area contributed by atoms with E-state index in [1.807, 2.05) is 30.3 Å². The van der Waals surface area contributed by atoms with Gasteiger partial charge in [0.1, 0.15) is 6.04 Å². The van der Waals surface area contributed by atoms with Crippen LogP contribution in [0, 0.1) is 0 Å². The van der Waals surface area contributed by atoms with E-state index in [4.69, 9.17) is 10.4 Å². The zero-order chi connectivity index (χ0) is 14.4. The Morgan fingerprint density at radius 2 is 2.30 bits per heavy atom. The smallest absolute Gasteiger partial charge is 0.263 e. The first kappa shape index (κ1) is 14.3. The molecule has 2 rings (SSSR count). The van der Waals surface area contributed by atoms with Crippen LogP contribution in [0.5, 0.6) is 0 Å². The van der Waals surface area contributed by atoms with E-state index in [0.717, 1.165) is 5.56 Å². The highest BCUT2D eigenvalue weighted by Crippen LogP contribution is 2.12. The highest BCUT2D eigenvalue weighted by molar-refractivity contribution is 5.82. The highest BCUT2D eigenvalue weighted by Gasteiger charge is 2.38. The highest BCUT2D eigenvalue weighted by atomic mass is 16.6. The monoisotopic (exact) mass is 277 g/mol. The maximum atomic E-state index is 11.8. The molecule has 0 aliphatic carbocycles. The van der Waals surface area contributed by atoms with Gasteiger partial charge in [-0.2, -0.15) is 0 Å². The van der Waals surface area contributed by atoms with Crippen molar-refractivity contribution in [1.29, 1.82) is 0 Å². The zero-order valence-corrected chi connectivity index (χ0v) is 10.6. The number of amides is 1. The number of benzene rings is 1. The molecule has 3 atom stereocenters. The van der Waals surface area contributed by atoms with E-state index in [9.17, 15) is 9.90 Å². The van der Waals surface area contributed by atoms with Gasteiger partial charge in [-0.25, -0.2) is 5.48 Å². The van der Waals surface area contributed by atoms with Crippen LogP contribution in [-0.2, 0) is 16.2 Å². The van der Waals surface area contributed by atoms with Gasteiger partial charge in [0.15, 0.2) is 0 Å². The summed E-state index contributed by atoms with van der Waals surface area (Å²) < 4.78 is 0. The Hall–Kier alpha value is -2.12. The summed E-state index contributed by atoms with van der Waals surface area (Å²) in [6.07, 6.45) is -1.06.